The Labute approximate surface area is 155 Å². The zero-order valence-electron chi connectivity index (χ0n) is 14.7. The normalized spacial score (nSPS) is 11.0. The van der Waals surface area contributed by atoms with E-state index in [1.54, 1.807) is 18.2 Å². The molecule has 0 unspecified atom stereocenters. The topological polar surface area (TPSA) is 82.5 Å². The molecule has 27 heavy (non-hydrogen) atoms. The summed E-state index contributed by atoms with van der Waals surface area (Å²) in [5.74, 6) is -0.530. The highest BCUT2D eigenvalue weighted by molar-refractivity contribution is 6.07. The Hall–Kier alpha value is -3.60. The summed E-state index contributed by atoms with van der Waals surface area (Å²) in [4.78, 5) is 24.4. The second-order valence-corrected chi connectivity index (χ2v) is 6.36. The number of ether oxygens (including phenoxy) is 1. The van der Waals surface area contributed by atoms with Crippen LogP contribution in [0.4, 0.5) is 5.69 Å². The largest absolute Gasteiger partial charge is 0.457 e. The summed E-state index contributed by atoms with van der Waals surface area (Å²) in [5.41, 5.74) is 8.06. The van der Waals surface area contributed by atoms with Crippen molar-refractivity contribution in [2.75, 3.05) is 5.73 Å². The molecule has 4 aromatic rings. The standard InChI is InChI=1S/C22H17NO4/c1-13-5-4-8-17(21(13)23)22(25)26-12-15-11-19(24)27-18-10-9-14-6-2-3-7-16(14)20(15)18/h2-11H,12,23H2,1H3. The van der Waals surface area contributed by atoms with E-state index in [1.165, 1.54) is 6.07 Å². The maximum absolute atomic E-state index is 12.5. The van der Waals surface area contributed by atoms with E-state index in [9.17, 15) is 9.59 Å². The number of hydrogen-bond acceptors (Lipinski definition) is 5. The van der Waals surface area contributed by atoms with Crippen LogP contribution >= 0.6 is 0 Å². The van der Waals surface area contributed by atoms with Gasteiger partial charge >= 0.3 is 11.6 Å². The van der Waals surface area contributed by atoms with Crippen molar-refractivity contribution in [2.45, 2.75) is 13.5 Å². The lowest BCUT2D eigenvalue weighted by Gasteiger charge is -2.11. The average Bonchev–Trinajstić information content (AvgIpc) is 2.67. The Kier molecular flexibility index (Phi) is 4.12. The minimum atomic E-state index is -0.530. The summed E-state index contributed by atoms with van der Waals surface area (Å²) in [6, 6.07) is 18.0. The number of esters is 1. The fraction of sp³-hybridized carbons (Fsp3) is 0.0909. The smallest absolute Gasteiger partial charge is 0.340 e. The molecule has 134 valence electrons. The number of anilines is 1. The van der Waals surface area contributed by atoms with Gasteiger partial charge in [0.15, 0.2) is 0 Å². The molecule has 1 heterocycles. The van der Waals surface area contributed by atoms with Gasteiger partial charge in [-0.3, -0.25) is 0 Å². The molecule has 1 aromatic heterocycles. The number of nitrogen functional groups attached to an aromatic ring is 1. The Morgan fingerprint density at radius 1 is 1.07 bits per heavy atom. The number of aryl methyl sites for hydroxylation is 1. The lowest BCUT2D eigenvalue weighted by atomic mass is 10.0. The Balaban J connectivity index is 1.75. The second-order valence-electron chi connectivity index (χ2n) is 6.36. The fourth-order valence-corrected chi connectivity index (χ4v) is 3.21. The predicted octanol–water partition coefficient (Wildman–Crippen LogP) is 4.19. The van der Waals surface area contributed by atoms with Gasteiger partial charge in [-0.2, -0.15) is 0 Å². The SMILES string of the molecule is Cc1cccc(C(=O)OCc2cc(=O)oc3ccc4ccccc4c23)c1N. The van der Waals surface area contributed by atoms with Crippen LogP contribution in [0.3, 0.4) is 0 Å². The molecule has 0 bridgehead atoms. The third kappa shape index (κ3) is 3.04. The third-order valence-corrected chi connectivity index (χ3v) is 4.62. The molecule has 0 atom stereocenters. The molecule has 0 radical (unpaired) electrons. The van der Waals surface area contributed by atoms with Crippen LogP contribution in [0.5, 0.6) is 0 Å². The molecular formula is C22H17NO4. The van der Waals surface area contributed by atoms with Crippen LogP contribution in [0, 0.1) is 6.92 Å². The Morgan fingerprint density at radius 2 is 1.89 bits per heavy atom. The summed E-state index contributed by atoms with van der Waals surface area (Å²) in [6.07, 6.45) is 0. The summed E-state index contributed by atoms with van der Waals surface area (Å²) in [6.45, 7) is 1.77. The highest BCUT2D eigenvalue weighted by atomic mass is 16.5. The predicted molar refractivity (Wildman–Crippen MR) is 105 cm³/mol. The van der Waals surface area contributed by atoms with Gasteiger partial charge in [0, 0.05) is 22.7 Å². The van der Waals surface area contributed by atoms with Crippen LogP contribution in [-0.2, 0) is 11.3 Å². The lowest BCUT2D eigenvalue weighted by Crippen LogP contribution is -2.10. The first kappa shape index (κ1) is 16.8. The molecule has 0 fully saturated rings. The molecule has 0 amide bonds. The molecule has 0 saturated heterocycles. The highest BCUT2D eigenvalue weighted by Crippen LogP contribution is 2.28. The van der Waals surface area contributed by atoms with E-state index >= 15 is 0 Å². The van der Waals surface area contributed by atoms with Crippen LogP contribution in [0.2, 0.25) is 0 Å². The first-order valence-corrected chi connectivity index (χ1v) is 8.51. The number of carbonyl (C=O) groups excluding carboxylic acids is 1. The first-order valence-electron chi connectivity index (χ1n) is 8.51. The van der Waals surface area contributed by atoms with Crippen molar-refractivity contribution in [1.82, 2.24) is 0 Å². The molecule has 0 aliphatic rings. The quantitative estimate of drug-likeness (QED) is 0.257. The van der Waals surface area contributed by atoms with Crippen molar-refractivity contribution in [1.29, 1.82) is 0 Å². The maximum Gasteiger partial charge on any atom is 0.340 e. The molecule has 0 spiro atoms. The van der Waals surface area contributed by atoms with E-state index in [4.69, 9.17) is 14.9 Å². The van der Waals surface area contributed by atoms with Gasteiger partial charge in [0.2, 0.25) is 0 Å². The molecule has 0 saturated carbocycles. The lowest BCUT2D eigenvalue weighted by molar-refractivity contribution is 0.0475. The molecule has 5 nitrogen and oxygen atoms in total. The Morgan fingerprint density at radius 3 is 2.74 bits per heavy atom. The summed E-state index contributed by atoms with van der Waals surface area (Å²) < 4.78 is 10.8. The van der Waals surface area contributed by atoms with Crippen molar-refractivity contribution < 1.29 is 13.9 Å². The Bertz CT molecular complexity index is 1240. The number of para-hydroxylation sites is 1. The van der Waals surface area contributed by atoms with Gasteiger partial charge in [0.05, 0.1) is 5.56 Å². The van der Waals surface area contributed by atoms with Gasteiger partial charge in [-0.1, -0.05) is 42.5 Å². The van der Waals surface area contributed by atoms with Gasteiger partial charge < -0.3 is 14.9 Å². The van der Waals surface area contributed by atoms with Gasteiger partial charge in [-0.15, -0.1) is 0 Å². The molecule has 4 rings (SSSR count). The molecule has 3 aromatic carbocycles. The summed E-state index contributed by atoms with van der Waals surface area (Å²) in [5, 5.41) is 2.70. The van der Waals surface area contributed by atoms with Crippen LogP contribution in [-0.4, -0.2) is 5.97 Å². The number of fused-ring (bicyclic) bond motifs is 3. The highest BCUT2D eigenvalue weighted by Gasteiger charge is 2.15. The summed E-state index contributed by atoms with van der Waals surface area (Å²) >= 11 is 0. The molecule has 5 heteroatoms. The van der Waals surface area contributed by atoms with Gasteiger partial charge in [-0.25, -0.2) is 9.59 Å². The molecular weight excluding hydrogens is 342 g/mol. The number of hydrogen-bond donors (Lipinski definition) is 1. The van der Waals surface area contributed by atoms with E-state index in [2.05, 4.69) is 0 Å². The number of rotatable bonds is 3. The van der Waals surface area contributed by atoms with Crippen LogP contribution in [0.25, 0.3) is 21.7 Å². The fourth-order valence-electron chi connectivity index (χ4n) is 3.21. The van der Waals surface area contributed by atoms with Crippen molar-refractivity contribution in [3.8, 4) is 0 Å². The van der Waals surface area contributed by atoms with Crippen molar-refractivity contribution in [3.63, 3.8) is 0 Å². The van der Waals surface area contributed by atoms with E-state index < -0.39 is 11.6 Å². The van der Waals surface area contributed by atoms with E-state index in [0.29, 0.717) is 22.4 Å². The van der Waals surface area contributed by atoms with E-state index in [1.807, 2.05) is 43.3 Å². The van der Waals surface area contributed by atoms with Gasteiger partial charge in [-0.05, 0) is 35.4 Å². The van der Waals surface area contributed by atoms with Crippen LogP contribution in [0.1, 0.15) is 21.5 Å². The minimum Gasteiger partial charge on any atom is -0.457 e. The van der Waals surface area contributed by atoms with Crippen LogP contribution in [0.15, 0.2) is 69.9 Å². The molecule has 0 aliphatic heterocycles. The van der Waals surface area contributed by atoms with Crippen LogP contribution < -0.4 is 11.4 Å². The molecule has 0 aliphatic carbocycles. The molecule has 2 N–H and O–H groups in total. The number of benzene rings is 3. The summed E-state index contributed by atoms with van der Waals surface area (Å²) in [7, 11) is 0. The average molecular weight is 359 g/mol. The number of carbonyl (C=O) groups is 1. The van der Waals surface area contributed by atoms with E-state index in [0.717, 1.165) is 21.7 Å². The minimum absolute atomic E-state index is 0.0533. The first-order chi connectivity index (χ1) is 13.0. The zero-order valence-corrected chi connectivity index (χ0v) is 14.7. The van der Waals surface area contributed by atoms with Gasteiger partial charge in [0.1, 0.15) is 12.2 Å². The van der Waals surface area contributed by atoms with Crippen molar-refractivity contribution >= 4 is 33.4 Å². The van der Waals surface area contributed by atoms with Crippen molar-refractivity contribution in [2.24, 2.45) is 0 Å². The van der Waals surface area contributed by atoms with E-state index in [-0.39, 0.29) is 6.61 Å². The monoisotopic (exact) mass is 359 g/mol. The zero-order chi connectivity index (χ0) is 19.0. The van der Waals surface area contributed by atoms with Gasteiger partial charge in [0.25, 0.3) is 0 Å². The second kappa shape index (κ2) is 6.61. The maximum atomic E-state index is 12.5. The third-order valence-electron chi connectivity index (χ3n) is 4.62. The number of nitrogens with two attached hydrogens (primary N) is 1. The van der Waals surface area contributed by atoms with Crippen molar-refractivity contribution in [3.05, 3.63) is 87.8 Å².